The molecule has 0 saturated heterocycles. The van der Waals surface area contributed by atoms with Crippen molar-refractivity contribution in [3.8, 4) is 0 Å². The predicted molar refractivity (Wildman–Crippen MR) is 121 cm³/mol. The summed E-state index contributed by atoms with van der Waals surface area (Å²) in [5, 5.41) is 16.2. The number of nitrogens with two attached hydrogens (primary N) is 3. The first kappa shape index (κ1) is 30.1. The van der Waals surface area contributed by atoms with Gasteiger partial charge >= 0.3 is 5.97 Å². The fourth-order valence-electron chi connectivity index (χ4n) is 2.68. The van der Waals surface area contributed by atoms with Crippen LogP contribution in [0.1, 0.15) is 39.5 Å². The zero-order valence-corrected chi connectivity index (χ0v) is 19.8. The van der Waals surface area contributed by atoms with Crippen molar-refractivity contribution in [1.29, 1.82) is 0 Å². The van der Waals surface area contributed by atoms with E-state index in [9.17, 15) is 33.9 Å². The Morgan fingerprint density at radius 2 is 1.33 bits per heavy atom. The number of aliphatic carboxylic acids is 1. The van der Waals surface area contributed by atoms with Crippen molar-refractivity contribution in [2.75, 3.05) is 12.0 Å². The molecular weight excluding hydrogens is 456 g/mol. The molecular formula is C19H34N6O7S. The van der Waals surface area contributed by atoms with Gasteiger partial charge in [0, 0.05) is 0 Å². The molecule has 0 aliphatic carbocycles. The van der Waals surface area contributed by atoms with Gasteiger partial charge in [0.15, 0.2) is 0 Å². The van der Waals surface area contributed by atoms with Crippen molar-refractivity contribution in [2.24, 2.45) is 23.1 Å². The molecule has 10 N–H and O–H groups in total. The molecule has 0 saturated carbocycles. The first-order valence-electron chi connectivity index (χ1n) is 10.3. The summed E-state index contributed by atoms with van der Waals surface area (Å²) in [5.74, 6) is -5.66. The largest absolute Gasteiger partial charge is 0.480 e. The van der Waals surface area contributed by atoms with E-state index in [4.69, 9.17) is 17.2 Å². The molecule has 0 aromatic heterocycles. The highest BCUT2D eigenvalue weighted by Crippen LogP contribution is 2.09. The second kappa shape index (κ2) is 15.1. The highest BCUT2D eigenvalue weighted by atomic mass is 32.2. The van der Waals surface area contributed by atoms with Crippen LogP contribution >= 0.6 is 11.8 Å². The Hall–Kier alpha value is -2.87. The number of carbonyl (C=O) groups excluding carboxylic acids is 5. The average molecular weight is 491 g/mol. The fraction of sp³-hybridized carbons (Fsp3) is 0.684. The SMILES string of the molecule is CCC(C)C(NC(=O)C(CC(N)=O)NC(=O)C(CC(N)=O)NC(=O)C(N)CCSC)C(=O)O. The van der Waals surface area contributed by atoms with Crippen LogP contribution in [0.4, 0.5) is 0 Å². The Morgan fingerprint density at radius 3 is 1.73 bits per heavy atom. The Morgan fingerprint density at radius 1 is 0.879 bits per heavy atom. The summed E-state index contributed by atoms with van der Waals surface area (Å²) in [6.45, 7) is 3.34. The topological polar surface area (TPSA) is 237 Å². The van der Waals surface area contributed by atoms with E-state index in [0.717, 1.165) is 0 Å². The Kier molecular flexibility index (Phi) is 13.7. The van der Waals surface area contributed by atoms with E-state index in [1.54, 1.807) is 13.8 Å². The monoisotopic (exact) mass is 490 g/mol. The quantitative estimate of drug-likeness (QED) is 0.120. The molecule has 0 fully saturated rings. The first-order chi connectivity index (χ1) is 15.3. The van der Waals surface area contributed by atoms with Gasteiger partial charge in [0.1, 0.15) is 18.1 Å². The minimum Gasteiger partial charge on any atom is -0.480 e. The third-order valence-electron chi connectivity index (χ3n) is 4.82. The second-order valence-corrected chi connectivity index (χ2v) is 8.55. The number of hydrogen-bond donors (Lipinski definition) is 7. The summed E-state index contributed by atoms with van der Waals surface area (Å²) in [7, 11) is 0. The maximum atomic E-state index is 12.7. The summed E-state index contributed by atoms with van der Waals surface area (Å²) in [5.41, 5.74) is 16.1. The third kappa shape index (κ3) is 11.5. The minimum atomic E-state index is -1.54. The van der Waals surface area contributed by atoms with Crippen molar-refractivity contribution in [2.45, 2.75) is 63.7 Å². The lowest BCUT2D eigenvalue weighted by Gasteiger charge is -2.25. The lowest BCUT2D eigenvalue weighted by molar-refractivity contribution is -0.144. The van der Waals surface area contributed by atoms with Crippen LogP contribution in [0.5, 0.6) is 0 Å². The molecule has 0 heterocycles. The van der Waals surface area contributed by atoms with Crippen LogP contribution in [0.25, 0.3) is 0 Å². The summed E-state index contributed by atoms with van der Waals surface area (Å²) in [4.78, 5) is 72.0. The van der Waals surface area contributed by atoms with E-state index < -0.39 is 78.4 Å². The summed E-state index contributed by atoms with van der Waals surface area (Å²) in [6.07, 6.45) is 1.34. The van der Waals surface area contributed by atoms with E-state index in [-0.39, 0.29) is 0 Å². The number of rotatable bonds is 16. The van der Waals surface area contributed by atoms with E-state index in [1.165, 1.54) is 11.8 Å². The molecule has 0 aliphatic rings. The van der Waals surface area contributed by atoms with Crippen LogP contribution in [0.3, 0.4) is 0 Å². The summed E-state index contributed by atoms with van der Waals surface area (Å²) >= 11 is 1.47. The molecule has 0 bridgehead atoms. The maximum absolute atomic E-state index is 12.7. The van der Waals surface area contributed by atoms with Gasteiger partial charge < -0.3 is 38.3 Å². The van der Waals surface area contributed by atoms with Crippen LogP contribution < -0.4 is 33.2 Å². The van der Waals surface area contributed by atoms with Crippen molar-refractivity contribution in [1.82, 2.24) is 16.0 Å². The second-order valence-electron chi connectivity index (χ2n) is 7.56. The van der Waals surface area contributed by atoms with Crippen molar-refractivity contribution in [3.05, 3.63) is 0 Å². The zero-order valence-electron chi connectivity index (χ0n) is 19.0. The van der Waals surface area contributed by atoms with Gasteiger partial charge in [-0.3, -0.25) is 24.0 Å². The van der Waals surface area contributed by atoms with Gasteiger partial charge in [-0.2, -0.15) is 11.8 Å². The van der Waals surface area contributed by atoms with Crippen molar-refractivity contribution in [3.63, 3.8) is 0 Å². The van der Waals surface area contributed by atoms with Gasteiger partial charge in [-0.15, -0.1) is 0 Å². The molecule has 0 aromatic rings. The smallest absolute Gasteiger partial charge is 0.326 e. The molecule has 14 heteroatoms. The maximum Gasteiger partial charge on any atom is 0.326 e. The predicted octanol–water partition coefficient (Wildman–Crippen LogP) is -2.60. The van der Waals surface area contributed by atoms with Gasteiger partial charge in [0.05, 0.1) is 18.9 Å². The molecule has 5 amide bonds. The molecule has 0 aliphatic heterocycles. The van der Waals surface area contributed by atoms with Gasteiger partial charge in [-0.05, 0) is 24.3 Å². The molecule has 13 nitrogen and oxygen atoms in total. The Bertz CT molecular complexity index is 735. The summed E-state index contributed by atoms with van der Waals surface area (Å²) < 4.78 is 0. The van der Waals surface area contributed by atoms with E-state index in [1.807, 2.05) is 6.26 Å². The molecule has 33 heavy (non-hydrogen) atoms. The van der Waals surface area contributed by atoms with Crippen LogP contribution in [-0.2, 0) is 28.8 Å². The Labute approximate surface area is 196 Å². The van der Waals surface area contributed by atoms with Crippen molar-refractivity contribution >= 4 is 47.3 Å². The zero-order chi connectivity index (χ0) is 25.7. The van der Waals surface area contributed by atoms with Crippen molar-refractivity contribution < 1.29 is 33.9 Å². The molecule has 188 valence electrons. The minimum absolute atomic E-state index is 0.316. The highest BCUT2D eigenvalue weighted by molar-refractivity contribution is 7.98. The van der Waals surface area contributed by atoms with Gasteiger partial charge in [-0.1, -0.05) is 20.3 Å². The molecule has 0 radical (unpaired) electrons. The Balaban J connectivity index is 5.54. The normalized spacial score (nSPS) is 15.3. The van der Waals surface area contributed by atoms with Gasteiger partial charge in [0.25, 0.3) is 0 Å². The number of hydrogen-bond acceptors (Lipinski definition) is 8. The number of amides is 5. The standard InChI is InChI=1S/C19H34N6O7S/c1-4-9(2)15(19(31)32)25-18(30)12(8-14(22)27)24-17(29)11(7-13(21)26)23-16(28)10(20)5-6-33-3/h9-12,15H,4-8,20H2,1-3H3,(H2,21,26)(H2,22,27)(H,23,28)(H,24,29)(H,25,30)(H,31,32). The lowest BCUT2D eigenvalue weighted by Crippen LogP contribution is -2.58. The number of nitrogens with one attached hydrogen (secondary N) is 3. The molecule has 0 aromatic carbocycles. The third-order valence-corrected chi connectivity index (χ3v) is 5.47. The van der Waals surface area contributed by atoms with E-state index >= 15 is 0 Å². The first-order valence-corrected chi connectivity index (χ1v) is 11.7. The molecule has 5 atom stereocenters. The van der Waals surface area contributed by atoms with Gasteiger partial charge in [0.2, 0.25) is 29.5 Å². The number of carboxylic acids is 1. The van der Waals surface area contributed by atoms with E-state index in [2.05, 4.69) is 16.0 Å². The molecule has 0 rings (SSSR count). The number of carbonyl (C=O) groups is 6. The van der Waals surface area contributed by atoms with Gasteiger partial charge in [-0.25, -0.2) is 4.79 Å². The van der Waals surface area contributed by atoms with Crippen LogP contribution in [0.2, 0.25) is 0 Å². The highest BCUT2D eigenvalue weighted by Gasteiger charge is 2.33. The molecule has 0 spiro atoms. The van der Waals surface area contributed by atoms with Crippen LogP contribution in [-0.4, -0.2) is 76.8 Å². The lowest BCUT2D eigenvalue weighted by atomic mass is 9.98. The number of primary amides is 2. The number of thioether (sulfide) groups is 1. The number of carboxylic acid groups (broad SMARTS) is 1. The summed E-state index contributed by atoms with van der Waals surface area (Å²) in [6, 6.07) is -5.23. The molecule has 5 unspecified atom stereocenters. The van der Waals surface area contributed by atoms with Crippen LogP contribution in [0, 0.1) is 5.92 Å². The van der Waals surface area contributed by atoms with E-state index in [0.29, 0.717) is 18.6 Å². The van der Waals surface area contributed by atoms with Crippen LogP contribution in [0.15, 0.2) is 0 Å². The average Bonchev–Trinajstić information content (AvgIpc) is 2.72. The fourth-order valence-corrected chi connectivity index (χ4v) is 3.17.